The molecule has 1 aliphatic carbocycles. The van der Waals surface area contributed by atoms with E-state index in [-0.39, 0.29) is 30.3 Å². The van der Waals surface area contributed by atoms with Crippen molar-refractivity contribution < 1.29 is 24.1 Å². The predicted octanol–water partition coefficient (Wildman–Crippen LogP) is 0.689. The maximum atomic E-state index is 12.4. The Bertz CT molecular complexity index is 505. The third kappa shape index (κ3) is 4.65. The molecule has 3 saturated heterocycles. The van der Waals surface area contributed by atoms with Gasteiger partial charge in [0, 0.05) is 32.1 Å². The van der Waals surface area contributed by atoms with E-state index in [0.717, 1.165) is 5.92 Å². The van der Waals surface area contributed by atoms with Crippen LogP contribution in [0.1, 0.15) is 45.4 Å². The standard InChI is InChI=1S/C20H34N2O5/c1-13-2-4-14(5-3-13)21-12-17-19(24)20-16(27-17)10-15(26-20)11-18(23)22-6-8-25-9-7-22/h13-17,19-21,24H,2-12H2,1H3. The molecule has 27 heavy (non-hydrogen) atoms. The Hall–Kier alpha value is -0.730. The first-order valence-electron chi connectivity index (χ1n) is 10.7. The van der Waals surface area contributed by atoms with Crippen molar-refractivity contribution in [1.82, 2.24) is 10.2 Å². The van der Waals surface area contributed by atoms with E-state index in [2.05, 4.69) is 12.2 Å². The van der Waals surface area contributed by atoms with Crippen LogP contribution in [0.15, 0.2) is 0 Å². The van der Waals surface area contributed by atoms with Gasteiger partial charge in [-0.1, -0.05) is 6.92 Å². The topological polar surface area (TPSA) is 80.3 Å². The van der Waals surface area contributed by atoms with Crippen LogP contribution in [-0.4, -0.2) is 85.3 Å². The summed E-state index contributed by atoms with van der Waals surface area (Å²) in [5.41, 5.74) is 0. The lowest BCUT2D eigenvalue weighted by molar-refractivity contribution is -0.138. The summed E-state index contributed by atoms with van der Waals surface area (Å²) in [6, 6.07) is 0.539. The van der Waals surface area contributed by atoms with Gasteiger partial charge in [-0.05, 0) is 31.6 Å². The number of hydrogen-bond donors (Lipinski definition) is 2. The van der Waals surface area contributed by atoms with Crippen molar-refractivity contribution in [2.24, 2.45) is 5.92 Å². The van der Waals surface area contributed by atoms with Crippen LogP contribution in [0.3, 0.4) is 0 Å². The third-order valence-electron chi connectivity index (χ3n) is 6.67. The minimum absolute atomic E-state index is 0.0966. The summed E-state index contributed by atoms with van der Waals surface area (Å²) >= 11 is 0. The van der Waals surface area contributed by atoms with Crippen molar-refractivity contribution >= 4 is 5.91 Å². The molecule has 154 valence electrons. The molecule has 5 unspecified atom stereocenters. The number of rotatable bonds is 5. The Morgan fingerprint density at radius 3 is 2.59 bits per heavy atom. The minimum atomic E-state index is -0.617. The van der Waals surface area contributed by atoms with Crippen molar-refractivity contribution in [1.29, 1.82) is 0 Å². The van der Waals surface area contributed by atoms with Crippen molar-refractivity contribution in [2.75, 3.05) is 32.8 Å². The lowest BCUT2D eigenvalue weighted by Crippen LogP contribution is -2.44. The molecular weight excluding hydrogens is 348 g/mol. The zero-order valence-electron chi connectivity index (χ0n) is 16.3. The number of nitrogens with zero attached hydrogens (tertiary/aromatic N) is 1. The highest BCUT2D eigenvalue weighted by Gasteiger charge is 2.50. The van der Waals surface area contributed by atoms with Gasteiger partial charge < -0.3 is 29.5 Å². The lowest BCUT2D eigenvalue weighted by Gasteiger charge is -2.29. The van der Waals surface area contributed by atoms with Crippen LogP contribution in [-0.2, 0) is 19.0 Å². The molecule has 4 fully saturated rings. The molecule has 1 saturated carbocycles. The van der Waals surface area contributed by atoms with Gasteiger partial charge in [0.25, 0.3) is 0 Å². The van der Waals surface area contributed by atoms with Crippen LogP contribution >= 0.6 is 0 Å². The second-order valence-electron chi connectivity index (χ2n) is 8.72. The molecule has 5 atom stereocenters. The summed E-state index contributed by atoms with van der Waals surface area (Å²) in [7, 11) is 0. The fourth-order valence-electron chi connectivity index (χ4n) is 4.89. The number of nitrogens with one attached hydrogen (secondary N) is 1. The number of hydrogen-bond acceptors (Lipinski definition) is 6. The highest BCUT2D eigenvalue weighted by Crippen LogP contribution is 2.35. The Morgan fingerprint density at radius 1 is 1.15 bits per heavy atom. The lowest BCUT2D eigenvalue weighted by atomic mass is 9.87. The van der Waals surface area contributed by atoms with E-state index in [0.29, 0.717) is 51.7 Å². The van der Waals surface area contributed by atoms with E-state index < -0.39 is 6.10 Å². The Morgan fingerprint density at radius 2 is 1.89 bits per heavy atom. The second kappa shape index (κ2) is 8.74. The molecule has 0 aromatic heterocycles. The molecule has 7 heteroatoms. The number of morpholine rings is 1. The third-order valence-corrected chi connectivity index (χ3v) is 6.67. The summed E-state index contributed by atoms with van der Waals surface area (Å²) in [4.78, 5) is 14.2. The van der Waals surface area contributed by atoms with E-state index in [4.69, 9.17) is 14.2 Å². The van der Waals surface area contributed by atoms with E-state index in [1.807, 2.05) is 4.90 Å². The van der Waals surface area contributed by atoms with E-state index in [1.165, 1.54) is 25.7 Å². The van der Waals surface area contributed by atoms with Crippen LogP contribution in [0.4, 0.5) is 0 Å². The molecule has 0 radical (unpaired) electrons. The monoisotopic (exact) mass is 382 g/mol. The van der Waals surface area contributed by atoms with Crippen molar-refractivity contribution in [3.63, 3.8) is 0 Å². The fraction of sp³-hybridized carbons (Fsp3) is 0.950. The fourth-order valence-corrected chi connectivity index (χ4v) is 4.89. The van der Waals surface area contributed by atoms with Gasteiger partial charge in [0.2, 0.25) is 5.91 Å². The van der Waals surface area contributed by atoms with Gasteiger partial charge in [-0.3, -0.25) is 4.79 Å². The zero-order chi connectivity index (χ0) is 18.8. The van der Waals surface area contributed by atoms with Gasteiger partial charge in [0.05, 0.1) is 37.9 Å². The molecule has 0 aromatic carbocycles. The zero-order valence-corrected chi connectivity index (χ0v) is 16.3. The molecule has 4 aliphatic rings. The number of fused-ring (bicyclic) bond motifs is 1. The van der Waals surface area contributed by atoms with Crippen molar-refractivity contribution in [3.05, 3.63) is 0 Å². The largest absolute Gasteiger partial charge is 0.388 e. The van der Waals surface area contributed by atoms with E-state index >= 15 is 0 Å². The highest BCUT2D eigenvalue weighted by molar-refractivity contribution is 5.76. The average Bonchev–Trinajstić information content (AvgIpc) is 3.20. The Kier molecular flexibility index (Phi) is 6.34. The summed E-state index contributed by atoms with van der Waals surface area (Å²) in [5, 5.41) is 14.2. The molecule has 1 amide bonds. The number of ether oxygens (including phenoxy) is 3. The van der Waals surface area contributed by atoms with Gasteiger partial charge in [0.15, 0.2) is 0 Å². The quantitative estimate of drug-likeness (QED) is 0.728. The summed E-state index contributed by atoms with van der Waals surface area (Å²) < 4.78 is 17.4. The van der Waals surface area contributed by atoms with Crippen LogP contribution in [0.5, 0.6) is 0 Å². The molecule has 3 aliphatic heterocycles. The van der Waals surface area contributed by atoms with Gasteiger partial charge in [-0.2, -0.15) is 0 Å². The van der Waals surface area contributed by atoms with Crippen molar-refractivity contribution in [2.45, 2.75) is 82.0 Å². The SMILES string of the molecule is CC1CCC(NCC2OC3CC(CC(=O)N4CCOCC4)OC3C2O)CC1. The van der Waals surface area contributed by atoms with Crippen LogP contribution in [0, 0.1) is 5.92 Å². The average molecular weight is 383 g/mol. The number of aliphatic hydroxyl groups is 1. The van der Waals surface area contributed by atoms with E-state index in [1.54, 1.807) is 0 Å². The van der Waals surface area contributed by atoms with Crippen LogP contribution in [0.2, 0.25) is 0 Å². The number of amides is 1. The van der Waals surface area contributed by atoms with Crippen LogP contribution in [0.25, 0.3) is 0 Å². The Balaban J connectivity index is 1.20. The molecule has 2 N–H and O–H groups in total. The number of carbonyl (C=O) groups excluding carboxylic acids is 1. The summed E-state index contributed by atoms with van der Waals surface area (Å²) in [5.74, 6) is 0.948. The molecule has 0 bridgehead atoms. The molecule has 4 rings (SSSR count). The predicted molar refractivity (Wildman–Crippen MR) is 99.4 cm³/mol. The van der Waals surface area contributed by atoms with Crippen LogP contribution < -0.4 is 5.32 Å². The molecule has 0 spiro atoms. The normalized spacial score (nSPS) is 42.3. The summed E-state index contributed by atoms with van der Waals surface area (Å²) in [6.45, 7) is 5.53. The van der Waals surface area contributed by atoms with Gasteiger partial charge in [0.1, 0.15) is 12.2 Å². The molecular formula is C20H34N2O5. The molecule has 0 aromatic rings. The second-order valence-corrected chi connectivity index (χ2v) is 8.72. The first kappa shape index (κ1) is 19.6. The maximum Gasteiger partial charge on any atom is 0.225 e. The summed E-state index contributed by atoms with van der Waals surface area (Å²) in [6.07, 6.45) is 4.64. The smallest absolute Gasteiger partial charge is 0.225 e. The highest BCUT2D eigenvalue weighted by atomic mass is 16.6. The van der Waals surface area contributed by atoms with E-state index in [9.17, 15) is 9.90 Å². The first-order valence-corrected chi connectivity index (χ1v) is 10.7. The molecule has 3 heterocycles. The minimum Gasteiger partial charge on any atom is -0.388 e. The Labute approximate surface area is 161 Å². The maximum absolute atomic E-state index is 12.4. The van der Waals surface area contributed by atoms with Gasteiger partial charge in [-0.25, -0.2) is 0 Å². The molecule has 7 nitrogen and oxygen atoms in total. The number of carbonyl (C=O) groups is 1. The first-order chi connectivity index (χ1) is 13.1. The van der Waals surface area contributed by atoms with Crippen molar-refractivity contribution in [3.8, 4) is 0 Å². The van der Waals surface area contributed by atoms with Gasteiger partial charge >= 0.3 is 0 Å². The van der Waals surface area contributed by atoms with Gasteiger partial charge in [-0.15, -0.1) is 0 Å². The number of aliphatic hydroxyl groups excluding tert-OH is 1.